The number of aryl methyl sites for hydroxylation is 1. The van der Waals surface area contributed by atoms with E-state index < -0.39 is 35.0 Å². The van der Waals surface area contributed by atoms with Crippen molar-refractivity contribution < 1.29 is 28.2 Å². The van der Waals surface area contributed by atoms with E-state index in [9.17, 15) is 14.4 Å². The van der Waals surface area contributed by atoms with Crippen LogP contribution in [0.25, 0.3) is 0 Å². The summed E-state index contributed by atoms with van der Waals surface area (Å²) in [5.74, 6) is -3.70. The second-order valence-electron chi connectivity index (χ2n) is 8.94. The minimum Gasteiger partial charge on any atom is -0.442 e. The van der Waals surface area contributed by atoms with Gasteiger partial charge in [0.05, 0.1) is 0 Å². The Bertz CT molecular complexity index is 865. The number of Topliss-reactive ketones (excluding diaryl/α,β-unsaturated/α-hetero) is 1. The molecular weight excluding hydrogens is 439 g/mol. The highest BCUT2D eigenvalue weighted by Gasteiger charge is 2.53. The second-order valence-corrected chi connectivity index (χ2v) is 8.94. The largest absolute Gasteiger partial charge is 0.442 e. The van der Waals surface area contributed by atoms with E-state index in [2.05, 4.69) is 5.43 Å². The first-order valence-corrected chi connectivity index (χ1v) is 12.4. The van der Waals surface area contributed by atoms with E-state index in [4.69, 9.17) is 9.47 Å². The van der Waals surface area contributed by atoms with Gasteiger partial charge in [-0.15, -0.1) is 0 Å². The number of ether oxygens (including phenoxy) is 2. The van der Waals surface area contributed by atoms with Crippen LogP contribution in [0.5, 0.6) is 0 Å². The van der Waals surface area contributed by atoms with Gasteiger partial charge in [-0.2, -0.15) is 5.01 Å². The standard InChI is InChI=1S/C26H39FN2O5/c1-7-24(8-2,9-3)33-22(31)28-29(23(32)34-25(10-4,11-5)12-6)26(27)18-17-19-15-13-14-16-20(19)21(26)30/h13-16H,7-12,17-18H2,1-6H3,(H,28,31)/t26-/m1/s1. The molecule has 190 valence electrons. The molecule has 7 nitrogen and oxygen atoms in total. The van der Waals surface area contributed by atoms with Gasteiger partial charge >= 0.3 is 12.2 Å². The third kappa shape index (κ3) is 5.36. The summed E-state index contributed by atoms with van der Waals surface area (Å²) in [4.78, 5) is 39.5. The molecule has 1 aliphatic carbocycles. The van der Waals surface area contributed by atoms with Crippen molar-refractivity contribution in [2.45, 2.75) is 110 Å². The molecule has 0 spiro atoms. The maximum absolute atomic E-state index is 16.5. The van der Waals surface area contributed by atoms with Gasteiger partial charge in [0.15, 0.2) is 0 Å². The minimum atomic E-state index is -2.81. The van der Waals surface area contributed by atoms with E-state index in [1.807, 2.05) is 41.5 Å². The highest BCUT2D eigenvalue weighted by molar-refractivity contribution is 6.05. The maximum Gasteiger partial charge on any atom is 0.432 e. The summed E-state index contributed by atoms with van der Waals surface area (Å²) in [7, 11) is 0. The number of benzene rings is 1. The second kappa shape index (κ2) is 11.2. The van der Waals surface area contributed by atoms with Crippen molar-refractivity contribution in [1.29, 1.82) is 0 Å². The SMILES string of the molecule is CCC(CC)(CC)OC(=O)NN(C(=O)OC(CC)(CC)CC)[C@]1(F)CCc2ccccc2C1=O. The van der Waals surface area contributed by atoms with Crippen molar-refractivity contribution >= 4 is 18.0 Å². The van der Waals surface area contributed by atoms with Gasteiger partial charge < -0.3 is 9.47 Å². The molecule has 1 aromatic rings. The number of ketones is 1. The Morgan fingerprint density at radius 3 is 1.97 bits per heavy atom. The van der Waals surface area contributed by atoms with E-state index in [1.54, 1.807) is 18.2 Å². The lowest BCUT2D eigenvalue weighted by Gasteiger charge is -2.41. The molecule has 1 atom stereocenters. The number of hydrazine groups is 1. The zero-order chi connectivity index (χ0) is 25.6. The van der Waals surface area contributed by atoms with Crippen molar-refractivity contribution in [2.75, 3.05) is 0 Å². The molecule has 0 heterocycles. The molecule has 34 heavy (non-hydrogen) atoms. The Balaban J connectivity index is 2.44. The zero-order valence-corrected chi connectivity index (χ0v) is 21.3. The van der Waals surface area contributed by atoms with Gasteiger partial charge in [-0.25, -0.2) is 19.4 Å². The topological polar surface area (TPSA) is 84.9 Å². The maximum atomic E-state index is 16.5. The van der Waals surface area contributed by atoms with Gasteiger partial charge in [0, 0.05) is 12.0 Å². The normalized spacial score (nSPS) is 18.1. The molecule has 0 unspecified atom stereocenters. The van der Waals surface area contributed by atoms with Crippen molar-refractivity contribution in [2.24, 2.45) is 0 Å². The highest BCUT2D eigenvalue weighted by Crippen LogP contribution is 2.36. The molecular formula is C26H39FN2O5. The fourth-order valence-corrected chi connectivity index (χ4v) is 4.55. The number of hydrogen-bond acceptors (Lipinski definition) is 5. The van der Waals surface area contributed by atoms with Crippen LogP contribution in [0.15, 0.2) is 24.3 Å². The number of alkyl halides is 1. The highest BCUT2D eigenvalue weighted by atomic mass is 19.1. The van der Waals surface area contributed by atoms with Crippen LogP contribution in [0.4, 0.5) is 14.0 Å². The number of nitrogens with one attached hydrogen (secondary N) is 1. The van der Waals surface area contributed by atoms with Crippen molar-refractivity contribution in [1.82, 2.24) is 10.4 Å². The average molecular weight is 479 g/mol. The van der Waals surface area contributed by atoms with Crippen LogP contribution in [0.1, 0.15) is 102 Å². The van der Waals surface area contributed by atoms with E-state index in [1.165, 1.54) is 6.07 Å². The van der Waals surface area contributed by atoms with Crippen molar-refractivity contribution in [3.63, 3.8) is 0 Å². The van der Waals surface area contributed by atoms with Crippen LogP contribution in [-0.4, -0.2) is 40.0 Å². The van der Waals surface area contributed by atoms with Gasteiger partial charge in [0.2, 0.25) is 5.78 Å². The summed E-state index contributed by atoms with van der Waals surface area (Å²) >= 11 is 0. The molecule has 0 aliphatic heterocycles. The van der Waals surface area contributed by atoms with Gasteiger partial charge in [-0.3, -0.25) is 4.79 Å². The van der Waals surface area contributed by atoms with Gasteiger partial charge in [0.25, 0.3) is 5.79 Å². The quantitative estimate of drug-likeness (QED) is 0.323. The number of halogens is 1. The van der Waals surface area contributed by atoms with E-state index >= 15 is 4.39 Å². The van der Waals surface area contributed by atoms with Crippen LogP contribution in [-0.2, 0) is 15.9 Å². The molecule has 0 saturated heterocycles. The lowest BCUT2D eigenvalue weighted by molar-refractivity contribution is -0.0843. The van der Waals surface area contributed by atoms with Crippen molar-refractivity contribution in [3.8, 4) is 0 Å². The first-order valence-electron chi connectivity index (χ1n) is 12.4. The molecule has 1 aliphatic rings. The summed E-state index contributed by atoms with van der Waals surface area (Å²) in [6, 6.07) is 6.70. The summed E-state index contributed by atoms with van der Waals surface area (Å²) in [5.41, 5.74) is 1.53. The van der Waals surface area contributed by atoms with Gasteiger partial charge in [0.1, 0.15) is 11.2 Å². The molecule has 1 aromatic carbocycles. The number of amides is 2. The van der Waals surface area contributed by atoms with Crippen LogP contribution in [0.2, 0.25) is 0 Å². The first-order chi connectivity index (χ1) is 16.1. The molecule has 0 bridgehead atoms. The van der Waals surface area contributed by atoms with Crippen molar-refractivity contribution in [3.05, 3.63) is 35.4 Å². The Morgan fingerprint density at radius 1 is 0.941 bits per heavy atom. The van der Waals surface area contributed by atoms with E-state index in [0.29, 0.717) is 49.1 Å². The third-order valence-electron chi connectivity index (χ3n) is 7.55. The Labute approximate surface area is 202 Å². The molecule has 0 fully saturated rings. The summed E-state index contributed by atoms with van der Waals surface area (Å²) < 4.78 is 27.9. The van der Waals surface area contributed by atoms with Gasteiger partial charge in [-0.05, 0) is 50.5 Å². The Morgan fingerprint density at radius 2 is 1.44 bits per heavy atom. The molecule has 2 rings (SSSR count). The lowest BCUT2D eigenvalue weighted by atomic mass is 9.85. The summed E-state index contributed by atoms with van der Waals surface area (Å²) in [5, 5.41) is 0.412. The zero-order valence-electron chi connectivity index (χ0n) is 21.3. The lowest BCUT2D eigenvalue weighted by Crippen LogP contribution is -2.64. The molecule has 0 radical (unpaired) electrons. The smallest absolute Gasteiger partial charge is 0.432 e. The number of fused-ring (bicyclic) bond motifs is 1. The molecule has 8 heteroatoms. The van der Waals surface area contributed by atoms with Crippen LogP contribution < -0.4 is 5.43 Å². The fraction of sp³-hybridized carbons (Fsp3) is 0.654. The fourth-order valence-electron chi connectivity index (χ4n) is 4.55. The molecule has 2 amide bonds. The first kappa shape index (κ1) is 27.6. The Hall–Kier alpha value is -2.64. The Kier molecular flexibility index (Phi) is 9.08. The third-order valence-corrected chi connectivity index (χ3v) is 7.55. The molecule has 0 aromatic heterocycles. The number of carbonyl (C=O) groups excluding carboxylic acids is 3. The van der Waals surface area contributed by atoms with E-state index in [-0.39, 0.29) is 18.4 Å². The predicted molar refractivity (Wildman–Crippen MR) is 128 cm³/mol. The van der Waals surface area contributed by atoms with Crippen LogP contribution in [0.3, 0.4) is 0 Å². The predicted octanol–water partition coefficient (Wildman–Crippen LogP) is 6.50. The van der Waals surface area contributed by atoms with E-state index in [0.717, 1.165) is 0 Å². The number of rotatable bonds is 9. The average Bonchev–Trinajstić information content (AvgIpc) is 2.87. The van der Waals surface area contributed by atoms with Gasteiger partial charge in [-0.1, -0.05) is 65.8 Å². The summed E-state index contributed by atoms with van der Waals surface area (Å²) in [6.07, 6.45) is 0.966. The molecule has 0 saturated carbocycles. The van der Waals surface area contributed by atoms with Crippen LogP contribution in [0, 0.1) is 0 Å². The monoisotopic (exact) mass is 478 g/mol. The number of hydrogen-bond donors (Lipinski definition) is 1. The number of carbonyl (C=O) groups is 3. The summed E-state index contributed by atoms with van der Waals surface area (Å²) in [6.45, 7) is 11.3. The minimum absolute atomic E-state index is 0.182. The number of nitrogens with zero attached hydrogens (tertiary/aromatic N) is 1. The molecule has 1 N–H and O–H groups in total. The van der Waals surface area contributed by atoms with Crippen LogP contribution >= 0.6 is 0 Å².